The smallest absolute Gasteiger partial charge is 0.283 e. The molecule has 0 saturated heterocycles. The average molecular weight is 420 g/mol. The first-order valence-corrected chi connectivity index (χ1v) is 8.85. The van der Waals surface area contributed by atoms with E-state index in [-0.39, 0.29) is 0 Å². The van der Waals surface area contributed by atoms with E-state index in [0.29, 0.717) is 16.1 Å². The second-order valence-corrected chi connectivity index (χ2v) is 7.11. The van der Waals surface area contributed by atoms with Gasteiger partial charge >= 0.3 is 0 Å². The Labute approximate surface area is 154 Å². The van der Waals surface area contributed by atoms with E-state index in [1.807, 2.05) is 30.3 Å². The van der Waals surface area contributed by atoms with Crippen molar-refractivity contribution >= 4 is 50.2 Å². The molecule has 0 aliphatic carbocycles. The SMILES string of the molecule is Clc1ccc(-c2nnc(Sc3ncnc4ccc(Br)cc34)o2)cc1. The Bertz CT molecular complexity index is 1020. The number of hydrogen-bond acceptors (Lipinski definition) is 6. The van der Waals surface area contributed by atoms with E-state index in [0.717, 1.165) is 26.0 Å². The van der Waals surface area contributed by atoms with Crippen LogP contribution in [0.25, 0.3) is 22.4 Å². The number of hydrogen-bond donors (Lipinski definition) is 0. The lowest BCUT2D eigenvalue weighted by Gasteiger charge is -2.02. The van der Waals surface area contributed by atoms with Crippen LogP contribution in [-0.2, 0) is 0 Å². The summed E-state index contributed by atoms with van der Waals surface area (Å²) in [5.74, 6) is 0.439. The van der Waals surface area contributed by atoms with Crippen LogP contribution in [0.3, 0.4) is 0 Å². The second-order valence-electron chi connectivity index (χ2n) is 4.82. The van der Waals surface area contributed by atoms with E-state index in [1.54, 1.807) is 12.1 Å². The lowest BCUT2D eigenvalue weighted by molar-refractivity contribution is 0.465. The van der Waals surface area contributed by atoms with Crippen molar-refractivity contribution in [1.29, 1.82) is 0 Å². The molecule has 24 heavy (non-hydrogen) atoms. The first-order chi connectivity index (χ1) is 11.7. The molecule has 0 atom stereocenters. The minimum atomic E-state index is 0.417. The van der Waals surface area contributed by atoms with Crippen molar-refractivity contribution in [2.75, 3.05) is 0 Å². The molecule has 5 nitrogen and oxygen atoms in total. The number of benzene rings is 2. The minimum absolute atomic E-state index is 0.417. The summed E-state index contributed by atoms with van der Waals surface area (Å²) in [6, 6.07) is 13.1. The quantitative estimate of drug-likeness (QED) is 0.423. The summed E-state index contributed by atoms with van der Waals surface area (Å²) in [4.78, 5) is 8.58. The van der Waals surface area contributed by atoms with Gasteiger partial charge in [0.05, 0.1) is 5.52 Å². The van der Waals surface area contributed by atoms with Crippen LogP contribution in [-0.4, -0.2) is 20.2 Å². The summed E-state index contributed by atoms with van der Waals surface area (Å²) >= 11 is 10.7. The normalized spacial score (nSPS) is 11.1. The summed E-state index contributed by atoms with van der Waals surface area (Å²) in [7, 11) is 0. The van der Waals surface area contributed by atoms with Crippen LogP contribution < -0.4 is 0 Å². The van der Waals surface area contributed by atoms with Crippen LogP contribution in [0.15, 0.2) is 67.9 Å². The Balaban J connectivity index is 1.67. The Hall–Kier alpha value is -1.96. The Morgan fingerprint density at radius 1 is 1.00 bits per heavy atom. The number of nitrogens with zero attached hydrogens (tertiary/aromatic N) is 4. The van der Waals surface area contributed by atoms with Crippen LogP contribution in [0, 0.1) is 0 Å². The maximum absolute atomic E-state index is 5.89. The largest absolute Gasteiger partial charge is 0.411 e. The zero-order valence-corrected chi connectivity index (χ0v) is 15.1. The lowest BCUT2D eigenvalue weighted by atomic mass is 10.2. The highest BCUT2D eigenvalue weighted by Crippen LogP contribution is 2.33. The number of fused-ring (bicyclic) bond motifs is 1. The predicted octanol–water partition coefficient (Wildman–Crippen LogP) is 5.25. The molecule has 0 saturated carbocycles. The van der Waals surface area contributed by atoms with Crippen molar-refractivity contribution < 1.29 is 4.42 Å². The Kier molecular flexibility index (Phi) is 4.22. The molecule has 118 valence electrons. The highest BCUT2D eigenvalue weighted by molar-refractivity contribution is 9.10. The molecule has 4 rings (SSSR count). The fourth-order valence-corrected chi connectivity index (χ4v) is 3.36. The molecule has 0 N–H and O–H groups in total. The molecular formula is C16H8BrClN4OS. The van der Waals surface area contributed by atoms with Gasteiger partial charge in [0.1, 0.15) is 11.4 Å². The van der Waals surface area contributed by atoms with E-state index in [4.69, 9.17) is 16.0 Å². The third-order valence-electron chi connectivity index (χ3n) is 3.24. The van der Waals surface area contributed by atoms with E-state index in [2.05, 4.69) is 36.1 Å². The van der Waals surface area contributed by atoms with Gasteiger partial charge in [0.2, 0.25) is 5.89 Å². The second kappa shape index (κ2) is 6.51. The third-order valence-corrected chi connectivity index (χ3v) is 4.85. The van der Waals surface area contributed by atoms with Crippen molar-refractivity contribution in [2.45, 2.75) is 10.2 Å². The number of rotatable bonds is 3. The number of aromatic nitrogens is 4. The molecule has 8 heteroatoms. The molecule has 0 unspecified atom stereocenters. The van der Waals surface area contributed by atoms with Gasteiger partial charge in [-0.3, -0.25) is 0 Å². The van der Waals surface area contributed by atoms with Crippen molar-refractivity contribution in [3.05, 3.63) is 58.3 Å². The Morgan fingerprint density at radius 2 is 1.83 bits per heavy atom. The summed E-state index contributed by atoms with van der Waals surface area (Å²) in [5, 5.41) is 10.9. The molecule has 4 aromatic rings. The summed E-state index contributed by atoms with van der Waals surface area (Å²) < 4.78 is 6.68. The van der Waals surface area contributed by atoms with Crippen LogP contribution in [0.4, 0.5) is 0 Å². The van der Waals surface area contributed by atoms with Gasteiger partial charge in [-0.1, -0.05) is 27.5 Å². The standard InChI is InChI=1S/C16H8BrClN4OS/c17-10-3-6-13-12(7-10)15(20-8-19-13)24-16-22-21-14(23-16)9-1-4-11(18)5-2-9/h1-8H. The van der Waals surface area contributed by atoms with E-state index < -0.39 is 0 Å². The van der Waals surface area contributed by atoms with E-state index in [9.17, 15) is 0 Å². The lowest BCUT2D eigenvalue weighted by Crippen LogP contribution is -1.87. The summed E-state index contributed by atoms with van der Waals surface area (Å²) in [6.45, 7) is 0. The maximum Gasteiger partial charge on any atom is 0.283 e. The van der Waals surface area contributed by atoms with Gasteiger partial charge in [-0.05, 0) is 54.2 Å². The van der Waals surface area contributed by atoms with Crippen LogP contribution in [0.5, 0.6) is 0 Å². The van der Waals surface area contributed by atoms with Crippen LogP contribution in [0.1, 0.15) is 0 Å². The third kappa shape index (κ3) is 3.15. The average Bonchev–Trinajstić information content (AvgIpc) is 3.05. The van der Waals surface area contributed by atoms with Gasteiger partial charge in [0.15, 0.2) is 0 Å². The molecule has 0 bridgehead atoms. The number of halogens is 2. The Morgan fingerprint density at radius 3 is 2.67 bits per heavy atom. The summed E-state index contributed by atoms with van der Waals surface area (Å²) in [5.41, 5.74) is 1.67. The predicted molar refractivity (Wildman–Crippen MR) is 96.1 cm³/mol. The van der Waals surface area contributed by atoms with Gasteiger partial charge in [0.25, 0.3) is 5.22 Å². The van der Waals surface area contributed by atoms with Crippen molar-refractivity contribution in [1.82, 2.24) is 20.2 Å². The van der Waals surface area contributed by atoms with Crippen molar-refractivity contribution in [3.63, 3.8) is 0 Å². The van der Waals surface area contributed by atoms with Gasteiger partial charge in [-0.15, -0.1) is 10.2 Å². The fourth-order valence-electron chi connectivity index (χ4n) is 2.13. The van der Waals surface area contributed by atoms with E-state index in [1.165, 1.54) is 18.1 Å². The van der Waals surface area contributed by atoms with Gasteiger partial charge < -0.3 is 4.42 Å². The highest BCUT2D eigenvalue weighted by Gasteiger charge is 2.13. The van der Waals surface area contributed by atoms with Gasteiger partial charge in [-0.25, -0.2) is 9.97 Å². The highest BCUT2D eigenvalue weighted by atomic mass is 79.9. The van der Waals surface area contributed by atoms with Crippen molar-refractivity contribution in [3.8, 4) is 11.5 Å². The molecule has 0 spiro atoms. The van der Waals surface area contributed by atoms with Crippen LogP contribution >= 0.6 is 39.3 Å². The minimum Gasteiger partial charge on any atom is -0.411 e. The molecule has 0 radical (unpaired) electrons. The molecule has 2 aromatic carbocycles. The first-order valence-electron chi connectivity index (χ1n) is 6.86. The topological polar surface area (TPSA) is 64.7 Å². The molecule has 0 aliphatic heterocycles. The fraction of sp³-hybridized carbons (Fsp3) is 0. The van der Waals surface area contributed by atoms with Crippen molar-refractivity contribution in [2.24, 2.45) is 0 Å². The monoisotopic (exact) mass is 418 g/mol. The summed E-state index contributed by atoms with van der Waals surface area (Å²) in [6.07, 6.45) is 1.52. The molecule has 2 aromatic heterocycles. The van der Waals surface area contributed by atoms with Gasteiger partial charge in [-0.2, -0.15) is 0 Å². The molecule has 2 heterocycles. The zero-order chi connectivity index (χ0) is 16.5. The van der Waals surface area contributed by atoms with Crippen LogP contribution in [0.2, 0.25) is 5.02 Å². The maximum atomic E-state index is 5.89. The first kappa shape index (κ1) is 15.6. The molecule has 0 aliphatic rings. The molecule has 0 amide bonds. The molecular weight excluding hydrogens is 412 g/mol. The van der Waals surface area contributed by atoms with Gasteiger partial charge in [0, 0.05) is 20.4 Å². The zero-order valence-electron chi connectivity index (χ0n) is 12.0. The molecule has 0 fully saturated rings. The van der Waals surface area contributed by atoms with E-state index >= 15 is 0 Å².